The largest absolute Gasteiger partial charge is 0.436 e. The summed E-state index contributed by atoms with van der Waals surface area (Å²) in [4.78, 5) is 28.9. The molecule has 0 spiro atoms. The summed E-state index contributed by atoms with van der Waals surface area (Å²) in [5.41, 5.74) is 4.19. The number of anilines is 1. The number of para-hydroxylation sites is 2. The third kappa shape index (κ3) is 4.30. The van der Waals surface area contributed by atoms with E-state index in [9.17, 15) is 9.59 Å². The highest BCUT2D eigenvalue weighted by molar-refractivity contribution is 8.12. The van der Waals surface area contributed by atoms with Crippen LogP contribution >= 0.6 is 11.9 Å². The molecule has 6 nitrogen and oxygen atoms in total. The molecular weight excluding hydrogens is 386 g/mol. The number of benzene rings is 3. The summed E-state index contributed by atoms with van der Waals surface area (Å²) in [5.74, 6) is 0.472. The van der Waals surface area contributed by atoms with E-state index in [4.69, 9.17) is 4.42 Å². The van der Waals surface area contributed by atoms with E-state index in [0.29, 0.717) is 22.7 Å². The molecule has 7 heteroatoms. The van der Waals surface area contributed by atoms with Crippen molar-refractivity contribution in [2.75, 3.05) is 5.32 Å². The van der Waals surface area contributed by atoms with E-state index in [-0.39, 0.29) is 5.12 Å². The number of hydrogen-bond donors (Lipinski definition) is 2. The van der Waals surface area contributed by atoms with Crippen LogP contribution in [0.5, 0.6) is 0 Å². The van der Waals surface area contributed by atoms with Crippen LogP contribution in [0.25, 0.3) is 22.6 Å². The molecule has 29 heavy (non-hydrogen) atoms. The summed E-state index contributed by atoms with van der Waals surface area (Å²) in [6.45, 7) is 1.85. The number of hydrogen-bond acceptors (Lipinski definition) is 5. The Morgan fingerprint density at radius 3 is 2.59 bits per heavy atom. The van der Waals surface area contributed by atoms with Crippen molar-refractivity contribution in [3.05, 3.63) is 83.9 Å². The quantitative estimate of drug-likeness (QED) is 0.447. The normalized spacial score (nSPS) is 10.7. The molecule has 0 unspecified atom stereocenters. The monoisotopic (exact) mass is 403 g/mol. The fourth-order valence-electron chi connectivity index (χ4n) is 2.83. The minimum absolute atomic E-state index is 0.224. The van der Waals surface area contributed by atoms with Crippen LogP contribution in [0.4, 0.5) is 10.5 Å². The number of aromatic nitrogens is 1. The van der Waals surface area contributed by atoms with Gasteiger partial charge < -0.3 is 9.73 Å². The van der Waals surface area contributed by atoms with Gasteiger partial charge in [0.25, 0.3) is 0 Å². The first kappa shape index (κ1) is 18.8. The van der Waals surface area contributed by atoms with Gasteiger partial charge in [-0.1, -0.05) is 42.5 Å². The van der Waals surface area contributed by atoms with Crippen LogP contribution in [-0.4, -0.2) is 16.1 Å². The molecular formula is C22H17N3O3S. The van der Waals surface area contributed by atoms with Crippen molar-refractivity contribution in [3.63, 3.8) is 0 Å². The Morgan fingerprint density at radius 1 is 0.966 bits per heavy atom. The molecule has 2 amide bonds. The summed E-state index contributed by atoms with van der Waals surface area (Å²) in [5, 5.41) is 2.49. The molecule has 4 aromatic rings. The first-order valence-electron chi connectivity index (χ1n) is 8.90. The fourth-order valence-corrected chi connectivity index (χ4v) is 3.41. The van der Waals surface area contributed by atoms with Gasteiger partial charge in [-0.15, -0.1) is 0 Å². The second-order valence-electron chi connectivity index (χ2n) is 6.33. The lowest BCUT2D eigenvalue weighted by atomic mass is 10.1. The Labute approximate surface area is 171 Å². The summed E-state index contributed by atoms with van der Waals surface area (Å²) in [7, 11) is 0. The van der Waals surface area contributed by atoms with Crippen LogP contribution < -0.4 is 10.0 Å². The van der Waals surface area contributed by atoms with Crippen molar-refractivity contribution < 1.29 is 14.0 Å². The zero-order chi connectivity index (χ0) is 20.2. The van der Waals surface area contributed by atoms with E-state index in [1.165, 1.54) is 0 Å². The standard InChI is InChI=1S/C22H17N3O3S/c1-14-7-2-3-10-17(14)21(26)29-25-22(27)23-16-9-6-8-15(13-16)20-24-18-11-4-5-12-19(18)28-20/h2-13H,1H3,(H2,23,25,27). The lowest BCUT2D eigenvalue weighted by molar-refractivity contribution is 0.108. The van der Waals surface area contributed by atoms with E-state index in [1.54, 1.807) is 30.3 Å². The summed E-state index contributed by atoms with van der Waals surface area (Å²) < 4.78 is 8.28. The molecule has 0 aliphatic rings. The van der Waals surface area contributed by atoms with Gasteiger partial charge in [0, 0.05) is 28.8 Å². The van der Waals surface area contributed by atoms with E-state index in [0.717, 1.165) is 28.6 Å². The highest BCUT2D eigenvalue weighted by Crippen LogP contribution is 2.26. The maximum absolute atomic E-state index is 12.2. The minimum atomic E-state index is -0.494. The second-order valence-corrected chi connectivity index (χ2v) is 7.11. The molecule has 0 saturated heterocycles. The third-order valence-electron chi connectivity index (χ3n) is 4.26. The molecule has 0 aliphatic heterocycles. The van der Waals surface area contributed by atoms with Crippen molar-refractivity contribution in [3.8, 4) is 11.5 Å². The number of amides is 2. The molecule has 1 aromatic heterocycles. The van der Waals surface area contributed by atoms with E-state index < -0.39 is 6.03 Å². The van der Waals surface area contributed by atoms with Crippen LogP contribution in [0.1, 0.15) is 15.9 Å². The van der Waals surface area contributed by atoms with Crippen molar-refractivity contribution in [1.29, 1.82) is 0 Å². The van der Waals surface area contributed by atoms with Gasteiger partial charge in [0.05, 0.1) is 0 Å². The average molecular weight is 403 g/mol. The van der Waals surface area contributed by atoms with Gasteiger partial charge in [0.1, 0.15) is 5.52 Å². The molecule has 0 aliphatic carbocycles. The molecule has 3 aromatic carbocycles. The number of fused-ring (bicyclic) bond motifs is 1. The minimum Gasteiger partial charge on any atom is -0.436 e. The molecule has 0 bridgehead atoms. The Balaban J connectivity index is 1.42. The van der Waals surface area contributed by atoms with E-state index in [1.807, 2.05) is 49.4 Å². The Bertz CT molecular complexity index is 1170. The topological polar surface area (TPSA) is 84.2 Å². The molecule has 4 rings (SSSR count). The van der Waals surface area contributed by atoms with Crippen molar-refractivity contribution in [2.24, 2.45) is 0 Å². The molecule has 0 radical (unpaired) electrons. The number of oxazole rings is 1. The zero-order valence-electron chi connectivity index (χ0n) is 15.5. The van der Waals surface area contributed by atoms with Gasteiger partial charge in [0.2, 0.25) is 11.0 Å². The van der Waals surface area contributed by atoms with Crippen LogP contribution in [0.3, 0.4) is 0 Å². The summed E-state index contributed by atoms with van der Waals surface area (Å²) in [6, 6.07) is 21.4. The zero-order valence-corrected chi connectivity index (χ0v) is 16.3. The lowest BCUT2D eigenvalue weighted by Crippen LogP contribution is -2.24. The number of nitrogens with one attached hydrogen (secondary N) is 2. The van der Waals surface area contributed by atoms with Crippen LogP contribution in [-0.2, 0) is 0 Å². The van der Waals surface area contributed by atoms with Crippen LogP contribution in [0, 0.1) is 6.92 Å². The van der Waals surface area contributed by atoms with Crippen molar-refractivity contribution in [1.82, 2.24) is 9.71 Å². The fraction of sp³-hybridized carbons (Fsp3) is 0.0455. The molecule has 0 saturated carbocycles. The number of urea groups is 1. The van der Waals surface area contributed by atoms with E-state index in [2.05, 4.69) is 15.0 Å². The predicted octanol–water partition coefficient (Wildman–Crippen LogP) is 5.41. The molecule has 0 fully saturated rings. The van der Waals surface area contributed by atoms with Crippen molar-refractivity contribution in [2.45, 2.75) is 6.92 Å². The Kier molecular flexibility index (Phi) is 5.31. The van der Waals surface area contributed by atoms with Gasteiger partial charge >= 0.3 is 6.03 Å². The van der Waals surface area contributed by atoms with Crippen LogP contribution in [0.15, 0.2) is 77.2 Å². The third-order valence-corrected chi connectivity index (χ3v) is 4.96. The van der Waals surface area contributed by atoms with Gasteiger partial charge in [-0.3, -0.25) is 9.52 Å². The highest BCUT2D eigenvalue weighted by Gasteiger charge is 2.13. The average Bonchev–Trinajstić information content (AvgIpc) is 3.17. The highest BCUT2D eigenvalue weighted by atomic mass is 32.2. The van der Waals surface area contributed by atoms with E-state index >= 15 is 0 Å². The smallest absolute Gasteiger partial charge is 0.329 e. The molecule has 144 valence electrons. The maximum atomic E-state index is 12.2. The first-order valence-corrected chi connectivity index (χ1v) is 9.71. The van der Waals surface area contributed by atoms with Gasteiger partial charge in [-0.2, -0.15) is 0 Å². The number of carbonyl (C=O) groups excluding carboxylic acids is 2. The SMILES string of the molecule is Cc1ccccc1C(=O)SNC(=O)Nc1cccc(-c2nc3ccccc3o2)c1. The van der Waals surface area contributed by atoms with Gasteiger partial charge in [0.15, 0.2) is 5.58 Å². The Morgan fingerprint density at radius 2 is 1.76 bits per heavy atom. The summed E-state index contributed by atoms with van der Waals surface area (Å²) in [6.07, 6.45) is 0. The summed E-state index contributed by atoms with van der Waals surface area (Å²) >= 11 is 0.743. The van der Waals surface area contributed by atoms with Crippen LogP contribution in [0.2, 0.25) is 0 Å². The number of rotatable bonds is 3. The molecule has 0 atom stereocenters. The maximum Gasteiger partial charge on any atom is 0.329 e. The number of aryl methyl sites for hydroxylation is 1. The molecule has 1 heterocycles. The number of carbonyl (C=O) groups is 2. The number of nitrogens with zero attached hydrogens (tertiary/aromatic N) is 1. The second kappa shape index (κ2) is 8.20. The van der Waals surface area contributed by atoms with Gasteiger partial charge in [-0.05, 0) is 42.8 Å². The lowest BCUT2D eigenvalue weighted by Gasteiger charge is -2.08. The van der Waals surface area contributed by atoms with Crippen molar-refractivity contribution >= 4 is 39.9 Å². The molecule has 2 N–H and O–H groups in total. The van der Waals surface area contributed by atoms with Gasteiger partial charge in [-0.25, -0.2) is 9.78 Å². The Hall–Kier alpha value is -3.58. The predicted molar refractivity (Wildman–Crippen MR) is 115 cm³/mol. The first-order chi connectivity index (χ1) is 14.1.